The van der Waals surface area contributed by atoms with Crippen molar-refractivity contribution in [3.05, 3.63) is 0 Å². The van der Waals surface area contributed by atoms with E-state index < -0.39 is 5.97 Å². The maximum absolute atomic E-state index is 12.2. The van der Waals surface area contributed by atoms with Crippen molar-refractivity contribution >= 4 is 11.9 Å². The Balaban J connectivity index is 2.37. The molecule has 1 amide bonds. The number of nitrogens with one attached hydrogen (secondary N) is 1. The van der Waals surface area contributed by atoms with E-state index in [1.54, 1.807) is 0 Å². The first-order valence-electron chi connectivity index (χ1n) is 8.11. The molecule has 4 N–H and O–H groups in total. The van der Waals surface area contributed by atoms with Gasteiger partial charge in [-0.3, -0.25) is 9.59 Å². The maximum Gasteiger partial charge on any atom is 0.303 e. The third-order valence-electron chi connectivity index (χ3n) is 4.38. The Hall–Kier alpha value is -1.10. The largest absolute Gasteiger partial charge is 0.481 e. The van der Waals surface area contributed by atoms with Gasteiger partial charge in [0.05, 0.1) is 0 Å². The summed E-state index contributed by atoms with van der Waals surface area (Å²) in [4.78, 5) is 23.1. The fourth-order valence-electron chi connectivity index (χ4n) is 3.20. The van der Waals surface area contributed by atoms with E-state index >= 15 is 0 Å². The summed E-state index contributed by atoms with van der Waals surface area (Å²) in [6, 6.07) is 0. The van der Waals surface area contributed by atoms with Crippen molar-refractivity contribution < 1.29 is 14.7 Å². The van der Waals surface area contributed by atoms with E-state index in [0.717, 1.165) is 32.1 Å². The third kappa shape index (κ3) is 6.93. The predicted molar refractivity (Wildman–Crippen MR) is 82.7 cm³/mol. The van der Waals surface area contributed by atoms with Gasteiger partial charge < -0.3 is 16.2 Å². The summed E-state index contributed by atoms with van der Waals surface area (Å²) in [5.74, 6) is 0.396. The van der Waals surface area contributed by atoms with Gasteiger partial charge in [0.1, 0.15) is 0 Å². The highest BCUT2D eigenvalue weighted by Crippen LogP contribution is 2.28. The van der Waals surface area contributed by atoms with Gasteiger partial charge in [-0.1, -0.05) is 13.8 Å². The number of hydrogen-bond donors (Lipinski definition) is 3. The van der Waals surface area contributed by atoms with Crippen LogP contribution in [0.3, 0.4) is 0 Å². The van der Waals surface area contributed by atoms with Crippen LogP contribution in [0.15, 0.2) is 0 Å². The van der Waals surface area contributed by atoms with Gasteiger partial charge in [0.15, 0.2) is 0 Å². The first kappa shape index (κ1) is 18.0. The molecule has 21 heavy (non-hydrogen) atoms. The highest BCUT2D eigenvalue weighted by Gasteiger charge is 2.26. The lowest BCUT2D eigenvalue weighted by molar-refractivity contribution is -0.138. The van der Waals surface area contributed by atoms with Crippen molar-refractivity contribution in [1.82, 2.24) is 5.32 Å². The molecule has 0 aromatic carbocycles. The summed E-state index contributed by atoms with van der Waals surface area (Å²) >= 11 is 0. The summed E-state index contributed by atoms with van der Waals surface area (Å²) in [5.41, 5.74) is 5.66. The molecular formula is C16H30N2O3. The molecule has 1 fully saturated rings. The average Bonchev–Trinajstić information content (AvgIpc) is 2.43. The fourth-order valence-corrected chi connectivity index (χ4v) is 3.20. The SMILES string of the molecule is CC(C)CC(CNC(=O)C1CCC(CN)CC1)CC(=O)O. The zero-order valence-electron chi connectivity index (χ0n) is 13.3. The van der Waals surface area contributed by atoms with Crippen LogP contribution in [-0.2, 0) is 9.59 Å². The van der Waals surface area contributed by atoms with E-state index in [4.69, 9.17) is 10.8 Å². The molecule has 5 heteroatoms. The van der Waals surface area contributed by atoms with Crippen LogP contribution >= 0.6 is 0 Å². The Morgan fingerprint density at radius 3 is 2.33 bits per heavy atom. The maximum atomic E-state index is 12.2. The quantitative estimate of drug-likeness (QED) is 0.639. The first-order valence-corrected chi connectivity index (χ1v) is 8.11. The molecule has 5 nitrogen and oxygen atoms in total. The van der Waals surface area contributed by atoms with Gasteiger partial charge in [-0.15, -0.1) is 0 Å². The van der Waals surface area contributed by atoms with Crippen LogP contribution in [0.1, 0.15) is 52.4 Å². The van der Waals surface area contributed by atoms with Crippen LogP contribution in [0, 0.1) is 23.7 Å². The zero-order chi connectivity index (χ0) is 15.8. The second-order valence-electron chi connectivity index (χ2n) is 6.79. The number of carboxylic acids is 1. The van der Waals surface area contributed by atoms with E-state index in [0.29, 0.717) is 24.9 Å². The molecule has 1 aliphatic rings. The van der Waals surface area contributed by atoms with Gasteiger partial charge >= 0.3 is 5.97 Å². The Bertz CT molecular complexity index is 336. The second-order valence-corrected chi connectivity index (χ2v) is 6.79. The zero-order valence-corrected chi connectivity index (χ0v) is 13.3. The van der Waals surface area contributed by atoms with E-state index in [2.05, 4.69) is 19.2 Å². The Morgan fingerprint density at radius 1 is 1.24 bits per heavy atom. The smallest absolute Gasteiger partial charge is 0.303 e. The van der Waals surface area contributed by atoms with E-state index in [1.807, 2.05) is 0 Å². The number of hydrogen-bond acceptors (Lipinski definition) is 3. The number of carbonyl (C=O) groups excluding carboxylic acids is 1. The minimum atomic E-state index is -0.793. The van der Waals surface area contributed by atoms with Crippen molar-refractivity contribution in [2.45, 2.75) is 52.4 Å². The topological polar surface area (TPSA) is 92.4 Å². The minimum Gasteiger partial charge on any atom is -0.481 e. The molecule has 0 saturated heterocycles. The molecule has 122 valence electrons. The number of nitrogens with two attached hydrogens (primary N) is 1. The van der Waals surface area contributed by atoms with Crippen LogP contribution in [0.4, 0.5) is 0 Å². The predicted octanol–water partition coefficient (Wildman–Crippen LogP) is 2.00. The Labute approximate surface area is 127 Å². The molecule has 1 unspecified atom stereocenters. The van der Waals surface area contributed by atoms with Crippen molar-refractivity contribution in [3.63, 3.8) is 0 Å². The average molecular weight is 298 g/mol. The van der Waals surface area contributed by atoms with Crippen LogP contribution in [0.5, 0.6) is 0 Å². The summed E-state index contributed by atoms with van der Waals surface area (Å²) < 4.78 is 0. The molecule has 0 spiro atoms. The third-order valence-corrected chi connectivity index (χ3v) is 4.38. The second kappa shape index (κ2) is 9.03. The molecule has 0 aromatic rings. The minimum absolute atomic E-state index is 0.0202. The number of carboxylic acid groups (broad SMARTS) is 1. The lowest BCUT2D eigenvalue weighted by Gasteiger charge is -2.27. The van der Waals surface area contributed by atoms with Gasteiger partial charge in [0.25, 0.3) is 0 Å². The Kier molecular flexibility index (Phi) is 7.72. The van der Waals surface area contributed by atoms with Crippen LogP contribution in [0.25, 0.3) is 0 Å². The lowest BCUT2D eigenvalue weighted by atomic mass is 9.81. The monoisotopic (exact) mass is 298 g/mol. The fraction of sp³-hybridized carbons (Fsp3) is 0.875. The summed E-state index contributed by atoms with van der Waals surface area (Å²) in [7, 11) is 0. The van der Waals surface area contributed by atoms with Crippen LogP contribution < -0.4 is 11.1 Å². The van der Waals surface area contributed by atoms with Gasteiger partial charge in [-0.25, -0.2) is 0 Å². The van der Waals surface area contributed by atoms with Crippen molar-refractivity contribution in [1.29, 1.82) is 0 Å². The summed E-state index contributed by atoms with van der Waals surface area (Å²) in [6.45, 7) is 5.33. The molecular weight excluding hydrogens is 268 g/mol. The highest BCUT2D eigenvalue weighted by molar-refractivity contribution is 5.78. The summed E-state index contributed by atoms with van der Waals surface area (Å²) in [5, 5.41) is 11.9. The molecule has 0 heterocycles. The molecule has 1 aliphatic carbocycles. The first-order chi connectivity index (χ1) is 9.92. The van der Waals surface area contributed by atoms with Gasteiger partial charge in [-0.05, 0) is 56.4 Å². The molecule has 1 saturated carbocycles. The van der Waals surface area contributed by atoms with Crippen LogP contribution in [0.2, 0.25) is 0 Å². The highest BCUT2D eigenvalue weighted by atomic mass is 16.4. The normalized spacial score (nSPS) is 23.8. The number of aliphatic carboxylic acids is 1. The van der Waals surface area contributed by atoms with E-state index in [9.17, 15) is 9.59 Å². The number of rotatable bonds is 8. The van der Waals surface area contributed by atoms with Gasteiger partial charge in [-0.2, -0.15) is 0 Å². The molecule has 0 aliphatic heterocycles. The summed E-state index contributed by atoms with van der Waals surface area (Å²) in [6.07, 6.45) is 4.81. The van der Waals surface area contributed by atoms with Crippen molar-refractivity contribution in [3.8, 4) is 0 Å². The molecule has 1 atom stereocenters. The van der Waals surface area contributed by atoms with Crippen molar-refractivity contribution in [2.24, 2.45) is 29.4 Å². The van der Waals surface area contributed by atoms with Gasteiger partial charge in [0, 0.05) is 18.9 Å². The van der Waals surface area contributed by atoms with E-state index in [1.165, 1.54) is 0 Å². The van der Waals surface area contributed by atoms with Gasteiger partial charge in [0.2, 0.25) is 5.91 Å². The molecule has 0 aromatic heterocycles. The number of carbonyl (C=O) groups is 2. The molecule has 1 rings (SSSR count). The van der Waals surface area contributed by atoms with E-state index in [-0.39, 0.29) is 24.2 Å². The molecule has 0 radical (unpaired) electrons. The van der Waals surface area contributed by atoms with Crippen LogP contribution in [-0.4, -0.2) is 30.1 Å². The number of amides is 1. The Morgan fingerprint density at radius 2 is 1.86 bits per heavy atom. The van der Waals surface area contributed by atoms with Crippen molar-refractivity contribution in [2.75, 3.05) is 13.1 Å². The molecule has 0 bridgehead atoms. The lowest BCUT2D eigenvalue weighted by Crippen LogP contribution is -2.37. The standard InChI is InChI=1S/C16H30N2O3/c1-11(2)7-13(8-15(19)20)10-18-16(21)14-5-3-12(9-17)4-6-14/h11-14H,3-10,17H2,1-2H3,(H,18,21)(H,19,20).